The van der Waals surface area contributed by atoms with Gasteiger partial charge in [0, 0.05) is 30.8 Å². The minimum absolute atomic E-state index is 0.0572. The number of nitrogens with one attached hydrogen (secondary N) is 4. The Morgan fingerprint density at radius 3 is 2.62 bits per heavy atom. The number of rotatable bonds is 11. The van der Waals surface area contributed by atoms with Gasteiger partial charge in [-0.05, 0) is 62.2 Å². The molecule has 32 heavy (non-hydrogen) atoms. The molecule has 4 rings (SSSR count). The Bertz CT molecular complexity index is 1190. The summed E-state index contributed by atoms with van der Waals surface area (Å²) < 4.78 is 30.7. The van der Waals surface area contributed by atoms with Crippen molar-refractivity contribution in [1.29, 1.82) is 0 Å². The molecule has 1 aliphatic rings. The van der Waals surface area contributed by atoms with Gasteiger partial charge in [-0.3, -0.25) is 10.1 Å². The summed E-state index contributed by atoms with van der Waals surface area (Å²) in [5, 5.41) is 9.27. The fraction of sp³-hybridized carbons (Fsp3) is 0.364. The smallest absolute Gasteiger partial charge is 0.339 e. The number of aromatic amines is 1. The molecule has 0 bridgehead atoms. The molecule has 1 aliphatic carbocycles. The van der Waals surface area contributed by atoms with Crippen LogP contribution in [0.5, 0.6) is 5.75 Å². The van der Waals surface area contributed by atoms with Crippen LogP contribution in [-0.2, 0) is 14.9 Å². The monoisotopic (exact) mass is 457 g/mol. The highest BCUT2D eigenvalue weighted by molar-refractivity contribution is 7.87. The van der Waals surface area contributed by atoms with Crippen molar-refractivity contribution in [2.45, 2.75) is 31.1 Å². The Hall–Kier alpha value is -3.11. The van der Waals surface area contributed by atoms with Crippen LogP contribution >= 0.6 is 0 Å². The number of amides is 1. The van der Waals surface area contributed by atoms with Crippen molar-refractivity contribution in [2.24, 2.45) is 5.92 Å². The lowest BCUT2D eigenvalue weighted by Crippen LogP contribution is -2.22. The van der Waals surface area contributed by atoms with E-state index in [1.54, 1.807) is 24.3 Å². The summed E-state index contributed by atoms with van der Waals surface area (Å²) in [4.78, 5) is 19.3. The average molecular weight is 458 g/mol. The number of anilines is 2. The molecule has 1 amide bonds. The van der Waals surface area contributed by atoms with E-state index >= 15 is 0 Å². The van der Waals surface area contributed by atoms with Crippen LogP contribution in [0.4, 0.5) is 11.6 Å². The van der Waals surface area contributed by atoms with E-state index in [-0.39, 0.29) is 22.5 Å². The second-order valence-corrected chi connectivity index (χ2v) is 9.31. The quantitative estimate of drug-likeness (QED) is 0.258. The minimum Gasteiger partial charge on any atom is -0.384 e. The second kappa shape index (κ2) is 9.58. The standard InChI is InChI=1S/C22H27N5O4S/c1-2-11-23-12-13-24-16-5-8-18(9-6-16)32(29,30)31-17-7-10-19-20(14-17)26-22(25-19)27-21(28)15-3-4-15/h5-10,14-15,23-24H,2-4,11-13H2,1H3,(H2,25,26,27,28). The Morgan fingerprint density at radius 1 is 1.12 bits per heavy atom. The van der Waals surface area contributed by atoms with Gasteiger partial charge in [0.25, 0.3) is 0 Å². The maximum atomic E-state index is 12.7. The van der Waals surface area contributed by atoms with Gasteiger partial charge in [-0.2, -0.15) is 8.42 Å². The average Bonchev–Trinajstić information content (AvgIpc) is 3.55. The molecule has 170 valence electrons. The molecular weight excluding hydrogens is 430 g/mol. The van der Waals surface area contributed by atoms with Crippen molar-refractivity contribution in [3.8, 4) is 5.75 Å². The predicted octanol–water partition coefficient (Wildman–Crippen LogP) is 3.09. The third-order valence-electron chi connectivity index (χ3n) is 5.05. The number of carbonyl (C=O) groups is 1. The van der Waals surface area contributed by atoms with Gasteiger partial charge >= 0.3 is 10.1 Å². The Morgan fingerprint density at radius 2 is 1.91 bits per heavy atom. The SMILES string of the molecule is CCCNCCNc1ccc(S(=O)(=O)Oc2ccc3[nH]c(NC(=O)C4CC4)nc3c2)cc1. The van der Waals surface area contributed by atoms with Crippen molar-refractivity contribution in [3.63, 3.8) is 0 Å². The normalized spacial score (nSPS) is 13.8. The fourth-order valence-electron chi connectivity index (χ4n) is 3.17. The molecule has 0 aliphatic heterocycles. The molecule has 10 heteroatoms. The van der Waals surface area contributed by atoms with Crippen LogP contribution in [0.1, 0.15) is 26.2 Å². The van der Waals surface area contributed by atoms with Gasteiger partial charge in [0.1, 0.15) is 10.6 Å². The lowest BCUT2D eigenvalue weighted by Gasteiger charge is -2.09. The zero-order valence-electron chi connectivity index (χ0n) is 17.8. The highest BCUT2D eigenvalue weighted by Crippen LogP contribution is 2.30. The first kappa shape index (κ1) is 22.1. The summed E-state index contributed by atoms with van der Waals surface area (Å²) in [7, 11) is -3.99. The van der Waals surface area contributed by atoms with E-state index in [9.17, 15) is 13.2 Å². The molecule has 3 aromatic rings. The van der Waals surface area contributed by atoms with Gasteiger partial charge in [-0.15, -0.1) is 0 Å². The van der Waals surface area contributed by atoms with E-state index in [0.29, 0.717) is 17.0 Å². The van der Waals surface area contributed by atoms with Gasteiger partial charge in [0.2, 0.25) is 11.9 Å². The van der Waals surface area contributed by atoms with E-state index in [1.807, 2.05) is 0 Å². The molecule has 9 nitrogen and oxygen atoms in total. The highest BCUT2D eigenvalue weighted by Gasteiger charge is 2.30. The number of fused-ring (bicyclic) bond motifs is 1. The van der Waals surface area contributed by atoms with Crippen molar-refractivity contribution in [2.75, 3.05) is 30.3 Å². The number of benzene rings is 2. The van der Waals surface area contributed by atoms with Gasteiger partial charge in [0.15, 0.2) is 0 Å². The summed E-state index contributed by atoms with van der Waals surface area (Å²) in [5.74, 6) is 0.489. The summed E-state index contributed by atoms with van der Waals surface area (Å²) in [6, 6.07) is 11.2. The van der Waals surface area contributed by atoms with Crippen molar-refractivity contribution < 1.29 is 17.4 Å². The van der Waals surface area contributed by atoms with Crippen LogP contribution in [0.2, 0.25) is 0 Å². The molecule has 0 unspecified atom stereocenters. The lowest BCUT2D eigenvalue weighted by atomic mass is 10.3. The molecular formula is C22H27N5O4S. The maximum absolute atomic E-state index is 12.7. The van der Waals surface area contributed by atoms with Crippen LogP contribution in [0.3, 0.4) is 0 Å². The zero-order valence-corrected chi connectivity index (χ0v) is 18.7. The third kappa shape index (κ3) is 5.57. The summed E-state index contributed by atoms with van der Waals surface area (Å²) in [6.07, 6.45) is 2.88. The first-order valence-electron chi connectivity index (χ1n) is 10.7. The van der Waals surface area contributed by atoms with Crippen LogP contribution in [0.15, 0.2) is 47.4 Å². The van der Waals surface area contributed by atoms with E-state index in [1.165, 1.54) is 18.2 Å². The number of hydrogen-bond acceptors (Lipinski definition) is 7. The number of imidazole rings is 1. The number of carbonyl (C=O) groups excluding carboxylic acids is 1. The minimum atomic E-state index is -3.99. The molecule has 0 atom stereocenters. The van der Waals surface area contributed by atoms with Crippen molar-refractivity contribution >= 4 is 38.7 Å². The highest BCUT2D eigenvalue weighted by atomic mass is 32.2. The van der Waals surface area contributed by atoms with Crippen molar-refractivity contribution in [3.05, 3.63) is 42.5 Å². The van der Waals surface area contributed by atoms with Crippen LogP contribution in [0.25, 0.3) is 11.0 Å². The van der Waals surface area contributed by atoms with E-state index in [0.717, 1.165) is 44.6 Å². The summed E-state index contributed by atoms with van der Waals surface area (Å²) in [5.41, 5.74) is 2.01. The molecule has 1 heterocycles. The van der Waals surface area contributed by atoms with Crippen LogP contribution in [-0.4, -0.2) is 43.9 Å². The van der Waals surface area contributed by atoms with Gasteiger partial charge in [0.05, 0.1) is 11.0 Å². The molecule has 1 fully saturated rings. The lowest BCUT2D eigenvalue weighted by molar-refractivity contribution is -0.117. The molecule has 0 radical (unpaired) electrons. The predicted molar refractivity (Wildman–Crippen MR) is 123 cm³/mol. The van der Waals surface area contributed by atoms with Crippen LogP contribution < -0.4 is 20.1 Å². The molecule has 2 aromatic carbocycles. The Kier molecular flexibility index (Phi) is 6.61. The Labute approximate surface area is 187 Å². The number of hydrogen-bond donors (Lipinski definition) is 4. The molecule has 4 N–H and O–H groups in total. The fourth-order valence-corrected chi connectivity index (χ4v) is 4.09. The largest absolute Gasteiger partial charge is 0.384 e. The number of nitrogens with zero attached hydrogens (tertiary/aromatic N) is 1. The Balaban J connectivity index is 1.39. The van der Waals surface area contributed by atoms with Gasteiger partial charge in [-0.1, -0.05) is 6.92 Å². The first-order chi connectivity index (χ1) is 15.4. The second-order valence-electron chi connectivity index (χ2n) is 7.77. The third-order valence-corrected chi connectivity index (χ3v) is 6.31. The maximum Gasteiger partial charge on any atom is 0.339 e. The van der Waals surface area contributed by atoms with Gasteiger partial charge in [-0.25, -0.2) is 4.98 Å². The number of aromatic nitrogens is 2. The topological polar surface area (TPSA) is 125 Å². The summed E-state index contributed by atoms with van der Waals surface area (Å²) in [6.45, 7) is 4.66. The van der Waals surface area contributed by atoms with Crippen LogP contribution in [0, 0.1) is 5.92 Å². The molecule has 0 saturated heterocycles. The van der Waals surface area contributed by atoms with E-state index in [4.69, 9.17) is 4.18 Å². The summed E-state index contributed by atoms with van der Waals surface area (Å²) >= 11 is 0. The first-order valence-corrected chi connectivity index (χ1v) is 12.2. The molecule has 1 saturated carbocycles. The molecule has 0 spiro atoms. The van der Waals surface area contributed by atoms with Crippen molar-refractivity contribution in [1.82, 2.24) is 15.3 Å². The van der Waals surface area contributed by atoms with E-state index in [2.05, 4.69) is 32.8 Å². The zero-order chi connectivity index (χ0) is 22.6. The molecule has 1 aromatic heterocycles. The van der Waals surface area contributed by atoms with E-state index < -0.39 is 10.1 Å². The van der Waals surface area contributed by atoms with Gasteiger partial charge < -0.3 is 19.8 Å². The number of H-pyrrole nitrogens is 1.